The van der Waals surface area contributed by atoms with Crippen molar-refractivity contribution >= 4 is 5.97 Å². The predicted molar refractivity (Wildman–Crippen MR) is 82.0 cm³/mol. The van der Waals surface area contributed by atoms with Crippen LogP contribution in [0.4, 0.5) is 0 Å². The van der Waals surface area contributed by atoms with Gasteiger partial charge in [-0.1, -0.05) is 30.3 Å². The maximum Gasteiger partial charge on any atom is 0.308 e. The summed E-state index contributed by atoms with van der Waals surface area (Å²) in [6, 6.07) is 10.2. The quantitative estimate of drug-likeness (QED) is 0.875. The maximum absolute atomic E-state index is 11.5. The van der Waals surface area contributed by atoms with Gasteiger partial charge in [0, 0.05) is 26.7 Å². The number of carbonyl (C=O) groups is 1. The Bertz CT molecular complexity index is 472. The molecule has 0 aliphatic carbocycles. The molecule has 2 atom stereocenters. The number of nitrogens with zero attached hydrogens (tertiary/aromatic N) is 1. The van der Waals surface area contributed by atoms with E-state index in [0.29, 0.717) is 6.54 Å². The standard InChI is InChI=1S/C17H25NO3/c1-17(2,21-3)9-14-11-18(12-15(14)16(19)20)10-13-7-5-4-6-8-13/h4-8,14-15H,9-12H2,1-3H3,(H,19,20). The number of aliphatic carboxylic acids is 1. The fraction of sp³-hybridized carbons (Fsp3) is 0.588. The van der Waals surface area contributed by atoms with Gasteiger partial charge in [0.1, 0.15) is 0 Å². The van der Waals surface area contributed by atoms with Gasteiger partial charge in [-0.3, -0.25) is 9.69 Å². The minimum atomic E-state index is -0.692. The molecular weight excluding hydrogens is 266 g/mol. The minimum Gasteiger partial charge on any atom is -0.481 e. The van der Waals surface area contributed by atoms with Crippen LogP contribution in [0.2, 0.25) is 0 Å². The highest BCUT2D eigenvalue weighted by molar-refractivity contribution is 5.71. The SMILES string of the molecule is COC(C)(C)CC1CN(Cc2ccccc2)CC1C(=O)O. The molecule has 21 heavy (non-hydrogen) atoms. The number of ether oxygens (including phenoxy) is 1. The molecule has 1 fully saturated rings. The molecule has 116 valence electrons. The van der Waals surface area contributed by atoms with E-state index in [4.69, 9.17) is 4.74 Å². The van der Waals surface area contributed by atoms with E-state index in [9.17, 15) is 9.90 Å². The zero-order chi connectivity index (χ0) is 15.5. The first-order valence-electron chi connectivity index (χ1n) is 7.45. The van der Waals surface area contributed by atoms with Gasteiger partial charge in [-0.2, -0.15) is 0 Å². The molecule has 1 saturated heterocycles. The molecule has 1 aliphatic rings. The molecule has 0 bridgehead atoms. The Labute approximate surface area is 126 Å². The fourth-order valence-corrected chi connectivity index (χ4v) is 3.13. The van der Waals surface area contributed by atoms with E-state index in [1.54, 1.807) is 7.11 Å². The molecule has 4 heteroatoms. The van der Waals surface area contributed by atoms with Crippen LogP contribution in [0.3, 0.4) is 0 Å². The van der Waals surface area contributed by atoms with Gasteiger partial charge >= 0.3 is 5.97 Å². The Morgan fingerprint density at radius 3 is 2.57 bits per heavy atom. The third-order valence-electron chi connectivity index (χ3n) is 4.39. The van der Waals surface area contributed by atoms with Gasteiger partial charge in [0.25, 0.3) is 0 Å². The monoisotopic (exact) mass is 291 g/mol. The molecular formula is C17H25NO3. The van der Waals surface area contributed by atoms with Gasteiger partial charge in [0.2, 0.25) is 0 Å². The van der Waals surface area contributed by atoms with E-state index < -0.39 is 5.97 Å². The molecule has 2 unspecified atom stereocenters. The minimum absolute atomic E-state index is 0.140. The molecule has 1 aromatic rings. The Morgan fingerprint density at radius 2 is 2.00 bits per heavy atom. The number of benzene rings is 1. The lowest BCUT2D eigenvalue weighted by Gasteiger charge is -2.28. The summed E-state index contributed by atoms with van der Waals surface area (Å²) in [6.45, 7) is 6.29. The highest BCUT2D eigenvalue weighted by atomic mass is 16.5. The second kappa shape index (κ2) is 6.58. The topological polar surface area (TPSA) is 49.8 Å². The molecule has 1 aromatic carbocycles. The number of carboxylic acids is 1. The van der Waals surface area contributed by atoms with Crippen LogP contribution in [0.5, 0.6) is 0 Å². The van der Waals surface area contributed by atoms with E-state index >= 15 is 0 Å². The molecule has 0 saturated carbocycles. The smallest absolute Gasteiger partial charge is 0.308 e. The van der Waals surface area contributed by atoms with Gasteiger partial charge in [-0.05, 0) is 31.7 Å². The zero-order valence-electron chi connectivity index (χ0n) is 13.1. The number of methoxy groups -OCH3 is 1. The van der Waals surface area contributed by atoms with Crippen LogP contribution in [-0.4, -0.2) is 41.8 Å². The van der Waals surface area contributed by atoms with Gasteiger partial charge in [0.05, 0.1) is 11.5 Å². The summed E-state index contributed by atoms with van der Waals surface area (Å²) in [7, 11) is 1.69. The van der Waals surface area contributed by atoms with Crippen LogP contribution >= 0.6 is 0 Å². The molecule has 0 aromatic heterocycles. The van der Waals surface area contributed by atoms with Gasteiger partial charge in [-0.15, -0.1) is 0 Å². The van der Waals surface area contributed by atoms with E-state index in [1.807, 2.05) is 32.0 Å². The fourth-order valence-electron chi connectivity index (χ4n) is 3.13. The number of hydrogen-bond donors (Lipinski definition) is 1. The van der Waals surface area contributed by atoms with Crippen LogP contribution in [0, 0.1) is 11.8 Å². The van der Waals surface area contributed by atoms with E-state index in [0.717, 1.165) is 19.5 Å². The van der Waals surface area contributed by atoms with Crippen molar-refractivity contribution in [1.29, 1.82) is 0 Å². The molecule has 0 radical (unpaired) electrons. The van der Waals surface area contributed by atoms with E-state index in [2.05, 4.69) is 17.0 Å². The lowest BCUT2D eigenvalue weighted by molar-refractivity contribution is -0.143. The van der Waals surface area contributed by atoms with Crippen LogP contribution in [-0.2, 0) is 16.1 Å². The third kappa shape index (κ3) is 4.29. The largest absolute Gasteiger partial charge is 0.481 e. The summed E-state index contributed by atoms with van der Waals surface area (Å²) in [6.07, 6.45) is 0.770. The summed E-state index contributed by atoms with van der Waals surface area (Å²) < 4.78 is 5.47. The van der Waals surface area contributed by atoms with Gasteiger partial charge in [0.15, 0.2) is 0 Å². The van der Waals surface area contributed by atoms with Crippen molar-refractivity contribution in [3.63, 3.8) is 0 Å². The normalized spacial score (nSPS) is 23.4. The lowest BCUT2D eigenvalue weighted by atomic mass is 9.86. The summed E-state index contributed by atoms with van der Waals surface area (Å²) in [4.78, 5) is 13.8. The molecule has 1 heterocycles. The molecule has 1 N–H and O–H groups in total. The predicted octanol–water partition coefficient (Wildman–Crippen LogP) is 2.63. The van der Waals surface area contributed by atoms with Crippen molar-refractivity contribution in [2.24, 2.45) is 11.8 Å². The van der Waals surface area contributed by atoms with E-state index in [-0.39, 0.29) is 17.4 Å². The first kappa shape index (κ1) is 16.0. The first-order chi connectivity index (χ1) is 9.91. The Hall–Kier alpha value is -1.39. The van der Waals surface area contributed by atoms with E-state index in [1.165, 1.54) is 5.56 Å². The second-order valence-corrected chi connectivity index (χ2v) is 6.55. The summed E-state index contributed by atoms with van der Waals surface area (Å²) in [5.74, 6) is -0.855. The summed E-state index contributed by atoms with van der Waals surface area (Å²) >= 11 is 0. The highest BCUT2D eigenvalue weighted by Gasteiger charge is 2.40. The first-order valence-corrected chi connectivity index (χ1v) is 7.45. The molecule has 0 spiro atoms. The average Bonchev–Trinajstić information content (AvgIpc) is 2.82. The Kier molecular flexibility index (Phi) is 5.01. The van der Waals surface area contributed by atoms with Crippen LogP contribution < -0.4 is 0 Å². The number of carboxylic acid groups (broad SMARTS) is 1. The van der Waals surface area contributed by atoms with Crippen molar-refractivity contribution in [3.8, 4) is 0 Å². The third-order valence-corrected chi connectivity index (χ3v) is 4.39. The maximum atomic E-state index is 11.5. The van der Waals surface area contributed by atoms with Crippen molar-refractivity contribution in [2.45, 2.75) is 32.4 Å². The second-order valence-electron chi connectivity index (χ2n) is 6.55. The number of rotatable bonds is 6. The van der Waals surface area contributed by atoms with Crippen molar-refractivity contribution in [1.82, 2.24) is 4.90 Å². The molecule has 0 amide bonds. The number of likely N-dealkylation sites (tertiary alicyclic amines) is 1. The average molecular weight is 291 g/mol. The Balaban J connectivity index is 2.03. The zero-order valence-corrected chi connectivity index (χ0v) is 13.1. The van der Waals surface area contributed by atoms with Crippen LogP contribution in [0.15, 0.2) is 30.3 Å². The van der Waals surface area contributed by atoms with Crippen LogP contribution in [0.1, 0.15) is 25.8 Å². The molecule has 1 aliphatic heterocycles. The molecule has 2 rings (SSSR count). The summed E-state index contributed by atoms with van der Waals surface area (Å²) in [5.41, 5.74) is 0.953. The van der Waals surface area contributed by atoms with Gasteiger partial charge < -0.3 is 9.84 Å². The Morgan fingerprint density at radius 1 is 1.33 bits per heavy atom. The van der Waals surface area contributed by atoms with Crippen molar-refractivity contribution < 1.29 is 14.6 Å². The van der Waals surface area contributed by atoms with Crippen molar-refractivity contribution in [3.05, 3.63) is 35.9 Å². The highest BCUT2D eigenvalue weighted by Crippen LogP contribution is 2.32. The van der Waals surface area contributed by atoms with Crippen LogP contribution in [0.25, 0.3) is 0 Å². The summed E-state index contributed by atoms with van der Waals surface area (Å²) in [5, 5.41) is 9.47. The number of hydrogen-bond acceptors (Lipinski definition) is 3. The lowest BCUT2D eigenvalue weighted by Crippen LogP contribution is -2.31. The van der Waals surface area contributed by atoms with Crippen molar-refractivity contribution in [2.75, 3.05) is 20.2 Å². The van der Waals surface area contributed by atoms with Gasteiger partial charge in [-0.25, -0.2) is 0 Å². The molecule has 4 nitrogen and oxygen atoms in total.